The molecule has 0 saturated heterocycles. The van der Waals surface area contributed by atoms with Gasteiger partial charge in [0.2, 0.25) is 0 Å². The third-order valence-corrected chi connectivity index (χ3v) is 3.26. The lowest BCUT2D eigenvalue weighted by molar-refractivity contribution is -0.114. The lowest BCUT2D eigenvalue weighted by Crippen LogP contribution is -2.11. The summed E-state index contributed by atoms with van der Waals surface area (Å²) in [6.45, 7) is 0.525. The average Bonchev–Trinajstić information content (AvgIpc) is 2.66. The van der Waals surface area contributed by atoms with Gasteiger partial charge >= 0.3 is 0 Å². The van der Waals surface area contributed by atoms with Gasteiger partial charge < -0.3 is 5.32 Å². The van der Waals surface area contributed by atoms with Crippen LogP contribution in [0.3, 0.4) is 0 Å². The van der Waals surface area contributed by atoms with Crippen molar-refractivity contribution >= 4 is 21.7 Å². The smallest absolute Gasteiger partial charge is 0.157 e. The highest BCUT2D eigenvalue weighted by Gasteiger charge is 2.11. The molecule has 0 bridgehead atoms. The molecule has 1 N–H and O–H groups in total. The van der Waals surface area contributed by atoms with Crippen LogP contribution in [0.4, 0.5) is 4.39 Å². The van der Waals surface area contributed by atoms with Crippen LogP contribution in [-0.2, 0) is 11.3 Å². The number of carbonyl (C=O) groups is 1. The Morgan fingerprint density at radius 2 is 2.19 bits per heavy atom. The normalized spacial score (nSPS) is 15.1. The van der Waals surface area contributed by atoms with Crippen LogP contribution >= 0.6 is 15.9 Å². The zero-order valence-electron chi connectivity index (χ0n) is 8.59. The topological polar surface area (TPSA) is 29.1 Å². The first-order valence-corrected chi connectivity index (χ1v) is 5.85. The molecule has 1 aliphatic carbocycles. The highest BCUT2D eigenvalue weighted by molar-refractivity contribution is 9.10. The number of carbonyl (C=O) groups excluding carboxylic acids is 1. The van der Waals surface area contributed by atoms with Gasteiger partial charge in [-0.3, -0.25) is 4.79 Å². The monoisotopic (exact) mass is 283 g/mol. The van der Waals surface area contributed by atoms with Gasteiger partial charge in [-0.05, 0) is 30.2 Å². The molecule has 0 atom stereocenters. The van der Waals surface area contributed by atoms with E-state index < -0.39 is 0 Å². The first-order valence-electron chi connectivity index (χ1n) is 5.06. The average molecular weight is 284 g/mol. The van der Waals surface area contributed by atoms with Crippen molar-refractivity contribution < 1.29 is 9.18 Å². The lowest BCUT2D eigenvalue weighted by Gasteiger charge is -2.08. The van der Waals surface area contributed by atoms with E-state index in [1.54, 1.807) is 12.1 Å². The number of rotatable bonds is 3. The number of ketones is 1. The number of hydrogen-bond donors (Lipinski definition) is 1. The summed E-state index contributed by atoms with van der Waals surface area (Å²) in [6, 6.07) is 4.57. The Bertz CT molecular complexity index is 456. The van der Waals surface area contributed by atoms with Gasteiger partial charge in [-0.1, -0.05) is 15.9 Å². The molecule has 0 aromatic heterocycles. The Morgan fingerprint density at radius 3 is 2.88 bits per heavy atom. The minimum atomic E-state index is -0.253. The molecule has 0 heterocycles. The minimum Gasteiger partial charge on any atom is -0.384 e. The third-order valence-electron chi connectivity index (χ3n) is 2.49. The van der Waals surface area contributed by atoms with Gasteiger partial charge in [-0.25, -0.2) is 4.39 Å². The van der Waals surface area contributed by atoms with Gasteiger partial charge in [0.25, 0.3) is 0 Å². The van der Waals surface area contributed by atoms with E-state index in [2.05, 4.69) is 21.2 Å². The summed E-state index contributed by atoms with van der Waals surface area (Å²) in [5.74, 6) is -0.0997. The zero-order valence-corrected chi connectivity index (χ0v) is 10.2. The van der Waals surface area contributed by atoms with E-state index in [0.29, 0.717) is 13.0 Å². The van der Waals surface area contributed by atoms with Gasteiger partial charge in [-0.2, -0.15) is 0 Å². The Morgan fingerprint density at radius 1 is 1.38 bits per heavy atom. The molecular weight excluding hydrogens is 273 g/mol. The molecule has 0 unspecified atom stereocenters. The molecule has 2 rings (SSSR count). The molecule has 1 aliphatic rings. The summed E-state index contributed by atoms with van der Waals surface area (Å²) in [5.41, 5.74) is 1.78. The molecule has 0 aliphatic heterocycles. The van der Waals surface area contributed by atoms with E-state index in [9.17, 15) is 9.18 Å². The fourth-order valence-corrected chi connectivity index (χ4v) is 2.01. The number of nitrogens with one attached hydrogen (secondary N) is 1. The largest absolute Gasteiger partial charge is 0.384 e. The van der Waals surface area contributed by atoms with Crippen molar-refractivity contribution in [1.29, 1.82) is 0 Å². The van der Waals surface area contributed by atoms with Crippen LogP contribution in [0.1, 0.15) is 18.4 Å². The second kappa shape index (κ2) is 4.78. The van der Waals surface area contributed by atoms with Crippen LogP contribution in [0.25, 0.3) is 0 Å². The SMILES string of the molecule is O=C1C=C(NCc2cc(F)ccc2Br)CC1. The van der Waals surface area contributed by atoms with Gasteiger partial charge in [0.05, 0.1) is 0 Å². The highest BCUT2D eigenvalue weighted by atomic mass is 79.9. The van der Waals surface area contributed by atoms with Crippen LogP contribution in [0.15, 0.2) is 34.4 Å². The van der Waals surface area contributed by atoms with Crippen LogP contribution in [-0.4, -0.2) is 5.78 Å². The summed E-state index contributed by atoms with van der Waals surface area (Å²) in [6.07, 6.45) is 2.95. The van der Waals surface area contributed by atoms with Gasteiger partial charge in [-0.15, -0.1) is 0 Å². The van der Waals surface area contributed by atoms with Crippen molar-refractivity contribution in [3.8, 4) is 0 Å². The Hall–Kier alpha value is -1.16. The molecule has 0 amide bonds. The second-order valence-corrected chi connectivity index (χ2v) is 4.58. The third kappa shape index (κ3) is 2.70. The molecule has 4 heteroatoms. The summed E-state index contributed by atoms with van der Waals surface area (Å²) >= 11 is 3.36. The van der Waals surface area contributed by atoms with Crippen LogP contribution in [0.5, 0.6) is 0 Å². The second-order valence-electron chi connectivity index (χ2n) is 3.73. The molecule has 0 saturated carbocycles. The van der Waals surface area contributed by atoms with E-state index in [1.165, 1.54) is 12.1 Å². The van der Waals surface area contributed by atoms with E-state index in [0.717, 1.165) is 22.2 Å². The van der Waals surface area contributed by atoms with Crippen LogP contribution < -0.4 is 5.32 Å². The van der Waals surface area contributed by atoms with Gasteiger partial charge in [0, 0.05) is 29.2 Å². The van der Waals surface area contributed by atoms with E-state index in [1.807, 2.05) is 0 Å². The van der Waals surface area contributed by atoms with Gasteiger partial charge in [0.1, 0.15) is 5.82 Å². The predicted molar refractivity (Wildman–Crippen MR) is 63.3 cm³/mol. The number of benzene rings is 1. The lowest BCUT2D eigenvalue weighted by atomic mass is 10.2. The summed E-state index contributed by atoms with van der Waals surface area (Å²) < 4.78 is 13.9. The highest BCUT2D eigenvalue weighted by Crippen LogP contribution is 2.19. The minimum absolute atomic E-state index is 0.154. The maximum atomic E-state index is 13.0. The molecule has 84 valence electrons. The van der Waals surface area contributed by atoms with E-state index in [-0.39, 0.29) is 11.6 Å². The first kappa shape index (κ1) is 11.3. The standard InChI is InChI=1S/C12H11BrFNO/c13-12-4-1-9(14)5-8(12)7-15-10-2-3-11(16)6-10/h1,4-6,15H,2-3,7H2. The van der Waals surface area contributed by atoms with Crippen LogP contribution in [0.2, 0.25) is 0 Å². The van der Waals surface area contributed by atoms with Crippen LogP contribution in [0, 0.1) is 5.82 Å². The maximum absolute atomic E-state index is 13.0. The molecule has 1 aromatic carbocycles. The quantitative estimate of drug-likeness (QED) is 0.924. The summed E-state index contributed by atoms with van der Waals surface area (Å²) in [7, 11) is 0. The summed E-state index contributed by atoms with van der Waals surface area (Å²) in [5, 5.41) is 3.14. The Kier molecular flexibility index (Phi) is 3.39. The van der Waals surface area contributed by atoms with E-state index in [4.69, 9.17) is 0 Å². The Balaban J connectivity index is 2.02. The molecular formula is C12H11BrFNO. The molecule has 2 nitrogen and oxygen atoms in total. The molecule has 1 aromatic rings. The summed E-state index contributed by atoms with van der Waals surface area (Å²) in [4.78, 5) is 11.0. The maximum Gasteiger partial charge on any atom is 0.157 e. The van der Waals surface area contributed by atoms with Gasteiger partial charge in [0.15, 0.2) is 5.78 Å². The Labute approximate surface area is 102 Å². The fraction of sp³-hybridized carbons (Fsp3) is 0.250. The van der Waals surface area contributed by atoms with E-state index >= 15 is 0 Å². The molecule has 0 radical (unpaired) electrons. The van der Waals surface area contributed by atoms with Crippen molar-refractivity contribution in [2.45, 2.75) is 19.4 Å². The van der Waals surface area contributed by atoms with Crippen molar-refractivity contribution in [3.05, 3.63) is 45.8 Å². The van der Waals surface area contributed by atoms with Crippen molar-refractivity contribution in [1.82, 2.24) is 5.32 Å². The van der Waals surface area contributed by atoms with Crippen molar-refractivity contribution in [2.24, 2.45) is 0 Å². The molecule has 0 fully saturated rings. The fourth-order valence-electron chi connectivity index (χ4n) is 1.62. The number of hydrogen-bond acceptors (Lipinski definition) is 2. The number of allylic oxidation sites excluding steroid dienone is 2. The zero-order chi connectivity index (χ0) is 11.5. The molecule has 0 spiro atoms. The molecule has 16 heavy (non-hydrogen) atoms. The number of halogens is 2. The predicted octanol–water partition coefficient (Wildman–Crippen LogP) is 2.92. The first-order chi connectivity index (χ1) is 7.65. The van der Waals surface area contributed by atoms with Crippen molar-refractivity contribution in [3.63, 3.8) is 0 Å². The van der Waals surface area contributed by atoms with Crippen molar-refractivity contribution in [2.75, 3.05) is 0 Å².